The molecule has 0 aliphatic rings. The van der Waals surface area contributed by atoms with Crippen LogP contribution in [-0.2, 0) is 0 Å². The maximum Gasteiger partial charge on any atom is 0.264 e. The maximum absolute atomic E-state index is 13.8. The van der Waals surface area contributed by atoms with Crippen molar-refractivity contribution >= 4 is 27.3 Å². The van der Waals surface area contributed by atoms with Gasteiger partial charge in [-0.2, -0.15) is 0 Å². The Kier molecular flexibility index (Phi) is 3.94. The van der Waals surface area contributed by atoms with E-state index in [1.54, 1.807) is 24.1 Å². The molecule has 0 spiro atoms. The molecule has 0 bridgehead atoms. The third-order valence-corrected chi connectivity index (χ3v) is 4.99. The van der Waals surface area contributed by atoms with E-state index in [1.165, 1.54) is 17.4 Å². The molecule has 3 aromatic rings. The fraction of sp³-hybridized carbons (Fsp3) is 0.167. The fourth-order valence-corrected chi connectivity index (χ4v) is 3.49. The number of amides is 1. The van der Waals surface area contributed by atoms with Gasteiger partial charge in [0, 0.05) is 17.1 Å². The van der Waals surface area contributed by atoms with E-state index in [4.69, 9.17) is 0 Å². The average molecular weight is 313 g/mol. The number of nitrogens with zero attached hydrogens (tertiary/aromatic N) is 1. The van der Waals surface area contributed by atoms with Gasteiger partial charge in [-0.25, -0.2) is 4.39 Å². The van der Waals surface area contributed by atoms with Gasteiger partial charge in [-0.3, -0.25) is 4.79 Å². The number of rotatable bonds is 3. The lowest BCUT2D eigenvalue weighted by molar-refractivity contribution is 0.0747. The maximum atomic E-state index is 13.8. The summed E-state index contributed by atoms with van der Waals surface area (Å²) in [6, 6.07) is 16.4. The molecule has 2 aromatic carbocycles. The molecule has 112 valence electrons. The molecule has 1 atom stereocenters. The molecule has 1 aromatic heterocycles. The lowest BCUT2D eigenvalue weighted by Gasteiger charge is -2.24. The lowest BCUT2D eigenvalue weighted by Crippen LogP contribution is -2.28. The summed E-state index contributed by atoms with van der Waals surface area (Å²) in [4.78, 5) is 14.9. The van der Waals surface area contributed by atoms with E-state index in [0.717, 1.165) is 10.3 Å². The minimum absolute atomic E-state index is 0.0382. The third kappa shape index (κ3) is 2.62. The molecule has 1 amide bonds. The molecule has 0 fully saturated rings. The molecule has 0 saturated carbocycles. The van der Waals surface area contributed by atoms with Crippen LogP contribution in [0.4, 0.5) is 4.39 Å². The van der Waals surface area contributed by atoms with Crippen molar-refractivity contribution in [2.75, 3.05) is 7.05 Å². The Hall–Kier alpha value is -2.20. The van der Waals surface area contributed by atoms with Gasteiger partial charge in [-0.15, -0.1) is 11.3 Å². The summed E-state index contributed by atoms with van der Waals surface area (Å²) in [5.41, 5.74) is 1.07. The SMILES string of the molecule is CC(c1ccccc1)N(C)C(=O)c1cc2c(F)cccc2s1. The van der Waals surface area contributed by atoms with Crippen molar-refractivity contribution < 1.29 is 9.18 Å². The Morgan fingerprint density at radius 2 is 1.86 bits per heavy atom. The van der Waals surface area contributed by atoms with Crippen LogP contribution < -0.4 is 0 Å². The number of fused-ring (bicyclic) bond motifs is 1. The number of halogens is 1. The molecule has 1 heterocycles. The number of hydrogen-bond acceptors (Lipinski definition) is 2. The highest BCUT2D eigenvalue weighted by Gasteiger charge is 2.21. The second-order valence-corrected chi connectivity index (χ2v) is 6.35. The highest BCUT2D eigenvalue weighted by molar-refractivity contribution is 7.20. The fourth-order valence-electron chi connectivity index (χ4n) is 2.44. The van der Waals surface area contributed by atoms with Crippen LogP contribution in [0.5, 0.6) is 0 Å². The zero-order valence-electron chi connectivity index (χ0n) is 12.4. The largest absolute Gasteiger partial charge is 0.334 e. The van der Waals surface area contributed by atoms with Crippen LogP contribution in [0.15, 0.2) is 54.6 Å². The van der Waals surface area contributed by atoms with Crippen molar-refractivity contribution in [1.29, 1.82) is 0 Å². The molecular formula is C18H16FNOS. The zero-order chi connectivity index (χ0) is 15.7. The van der Waals surface area contributed by atoms with Gasteiger partial charge in [0.1, 0.15) is 5.82 Å². The second-order valence-electron chi connectivity index (χ2n) is 5.27. The number of carbonyl (C=O) groups is 1. The molecular weight excluding hydrogens is 297 g/mol. The molecule has 0 aliphatic heterocycles. The van der Waals surface area contributed by atoms with Gasteiger partial charge < -0.3 is 4.90 Å². The van der Waals surface area contributed by atoms with Gasteiger partial charge in [0.05, 0.1) is 10.9 Å². The minimum atomic E-state index is -0.286. The van der Waals surface area contributed by atoms with Crippen LogP contribution in [0, 0.1) is 5.82 Å². The van der Waals surface area contributed by atoms with Gasteiger partial charge in [0.25, 0.3) is 5.91 Å². The van der Waals surface area contributed by atoms with E-state index in [-0.39, 0.29) is 17.8 Å². The van der Waals surface area contributed by atoms with E-state index in [9.17, 15) is 9.18 Å². The second kappa shape index (κ2) is 5.89. The highest BCUT2D eigenvalue weighted by atomic mass is 32.1. The van der Waals surface area contributed by atoms with Gasteiger partial charge in [0.2, 0.25) is 0 Å². The molecule has 3 rings (SSSR count). The molecule has 2 nitrogen and oxygen atoms in total. The van der Waals surface area contributed by atoms with Crippen molar-refractivity contribution in [3.05, 3.63) is 70.9 Å². The van der Waals surface area contributed by atoms with Gasteiger partial charge in [0.15, 0.2) is 0 Å². The summed E-state index contributed by atoms with van der Waals surface area (Å²) < 4.78 is 14.6. The van der Waals surface area contributed by atoms with Crippen molar-refractivity contribution in [3.8, 4) is 0 Å². The van der Waals surface area contributed by atoms with Crippen LogP contribution in [0.3, 0.4) is 0 Å². The number of hydrogen-bond donors (Lipinski definition) is 0. The predicted molar refractivity (Wildman–Crippen MR) is 88.7 cm³/mol. The zero-order valence-corrected chi connectivity index (χ0v) is 13.2. The van der Waals surface area contributed by atoms with E-state index in [1.807, 2.05) is 43.3 Å². The van der Waals surface area contributed by atoms with Crippen molar-refractivity contribution in [3.63, 3.8) is 0 Å². The Labute approximate surface area is 132 Å². The summed E-state index contributed by atoms with van der Waals surface area (Å²) in [6.45, 7) is 1.99. The van der Waals surface area contributed by atoms with Crippen LogP contribution in [0.25, 0.3) is 10.1 Å². The Morgan fingerprint density at radius 3 is 2.55 bits per heavy atom. The summed E-state index contributed by atoms with van der Waals surface area (Å²) in [5.74, 6) is -0.372. The summed E-state index contributed by atoms with van der Waals surface area (Å²) in [7, 11) is 1.78. The molecule has 0 aliphatic carbocycles. The molecule has 1 unspecified atom stereocenters. The molecule has 0 saturated heterocycles. The summed E-state index contributed by atoms with van der Waals surface area (Å²) in [5, 5.41) is 0.511. The van der Waals surface area contributed by atoms with Crippen LogP contribution in [0.1, 0.15) is 28.2 Å². The van der Waals surface area contributed by atoms with Crippen molar-refractivity contribution in [1.82, 2.24) is 4.90 Å². The average Bonchev–Trinajstić information content (AvgIpc) is 2.99. The van der Waals surface area contributed by atoms with Crippen LogP contribution >= 0.6 is 11.3 Å². The van der Waals surface area contributed by atoms with E-state index in [0.29, 0.717) is 10.3 Å². The Morgan fingerprint density at radius 1 is 1.14 bits per heavy atom. The van der Waals surface area contributed by atoms with Gasteiger partial charge in [-0.05, 0) is 30.7 Å². The molecule has 22 heavy (non-hydrogen) atoms. The monoisotopic (exact) mass is 313 g/mol. The van der Waals surface area contributed by atoms with Crippen LogP contribution in [-0.4, -0.2) is 17.9 Å². The Bertz CT molecular complexity index is 812. The first-order valence-corrected chi connectivity index (χ1v) is 7.89. The first-order valence-electron chi connectivity index (χ1n) is 7.08. The van der Waals surface area contributed by atoms with Gasteiger partial charge in [-0.1, -0.05) is 36.4 Å². The standard InChI is InChI=1S/C18H16FNOS/c1-12(13-7-4-3-5-8-13)20(2)18(21)17-11-14-15(19)9-6-10-16(14)22-17/h3-12H,1-2H3. The minimum Gasteiger partial charge on any atom is -0.334 e. The number of thiophene rings is 1. The topological polar surface area (TPSA) is 20.3 Å². The normalized spacial score (nSPS) is 12.3. The van der Waals surface area contributed by atoms with Gasteiger partial charge >= 0.3 is 0 Å². The molecule has 0 N–H and O–H groups in total. The smallest absolute Gasteiger partial charge is 0.264 e. The van der Waals surface area contributed by atoms with E-state index in [2.05, 4.69) is 0 Å². The third-order valence-electron chi connectivity index (χ3n) is 3.90. The van der Waals surface area contributed by atoms with Crippen LogP contribution in [0.2, 0.25) is 0 Å². The lowest BCUT2D eigenvalue weighted by atomic mass is 10.1. The highest BCUT2D eigenvalue weighted by Crippen LogP contribution is 2.30. The molecule has 4 heteroatoms. The quantitative estimate of drug-likeness (QED) is 0.675. The Balaban J connectivity index is 1.90. The summed E-state index contributed by atoms with van der Waals surface area (Å²) in [6.07, 6.45) is 0. The number of benzene rings is 2. The summed E-state index contributed by atoms with van der Waals surface area (Å²) >= 11 is 1.33. The van der Waals surface area contributed by atoms with Crippen molar-refractivity contribution in [2.24, 2.45) is 0 Å². The first-order chi connectivity index (χ1) is 10.6. The number of carbonyl (C=O) groups excluding carboxylic acids is 1. The van der Waals surface area contributed by atoms with E-state index >= 15 is 0 Å². The molecule has 0 radical (unpaired) electrons. The predicted octanol–water partition coefficient (Wildman–Crippen LogP) is 4.87. The first kappa shape index (κ1) is 14.7. The van der Waals surface area contributed by atoms with Crippen molar-refractivity contribution in [2.45, 2.75) is 13.0 Å². The van der Waals surface area contributed by atoms with E-state index < -0.39 is 0 Å².